The lowest BCUT2D eigenvalue weighted by Gasteiger charge is -2.35. The van der Waals surface area contributed by atoms with Gasteiger partial charge in [-0.15, -0.1) is 0 Å². The van der Waals surface area contributed by atoms with E-state index in [4.69, 9.17) is 9.94 Å². The molecule has 2 aromatic rings. The largest absolute Gasteiger partial charge is 0.741 e. The second-order valence-corrected chi connectivity index (χ2v) is 7.82. The molecule has 131 valence electrons. The van der Waals surface area contributed by atoms with Crippen molar-refractivity contribution >= 4 is 5.91 Å². The molecule has 0 spiro atoms. The van der Waals surface area contributed by atoms with Crippen molar-refractivity contribution in [1.29, 1.82) is 0 Å². The predicted octanol–water partition coefficient (Wildman–Crippen LogP) is 1.01. The number of halogens is 1. The number of hydroxylamine groups is 1. The van der Waals surface area contributed by atoms with Gasteiger partial charge in [0.15, 0.2) is 0 Å². The summed E-state index contributed by atoms with van der Waals surface area (Å²) in [6.07, 6.45) is 4.78. The quantitative estimate of drug-likeness (QED) is 0.173. The van der Waals surface area contributed by atoms with Crippen molar-refractivity contribution in [2.24, 2.45) is 0 Å². The molecule has 0 saturated carbocycles. The molecule has 2 aromatic carbocycles. The monoisotopic (exact) mass is 449 g/mol. The molecule has 2 rings (SSSR count). The zero-order valence-corrected chi connectivity index (χ0v) is 16.2. The Labute approximate surface area is 161 Å². The Morgan fingerprint density at radius 3 is 2.28 bits per heavy atom. The van der Waals surface area contributed by atoms with Crippen molar-refractivity contribution in [3.8, 4) is 16.9 Å². The van der Waals surface area contributed by atoms with Gasteiger partial charge >= 0.3 is 0 Å². The molecule has 0 saturated heterocycles. The molecule has 0 aliphatic carbocycles. The van der Waals surface area contributed by atoms with E-state index in [0.29, 0.717) is 0 Å². The van der Waals surface area contributed by atoms with E-state index in [1.165, 1.54) is 6.08 Å². The highest BCUT2D eigenvalue weighted by Gasteiger charge is 2.08. The molecule has 1 atom stereocenters. The lowest BCUT2D eigenvalue weighted by atomic mass is 10.1. The molecule has 25 heavy (non-hydrogen) atoms. The third-order valence-corrected chi connectivity index (χ3v) is 3.90. The molecule has 0 aliphatic rings. The van der Waals surface area contributed by atoms with Gasteiger partial charge in [-0.2, -0.15) is 0 Å². The standard InChI is InChI=1S/C20H20INO3/c1-15(8-13-19(23)22-24)14-20(2,21)25-18-11-9-17(10-12-18)16-6-4-3-5-7-16/h3-14,24H,1-2H3,(H,22,23)/q-1/b13-8+,15-14+. The second-order valence-electron chi connectivity index (χ2n) is 5.68. The summed E-state index contributed by atoms with van der Waals surface area (Å²) in [7, 11) is 0. The van der Waals surface area contributed by atoms with Crippen molar-refractivity contribution in [1.82, 2.24) is 5.48 Å². The molecule has 1 radical (unpaired) electrons. The first-order chi connectivity index (χ1) is 11.9. The molecular weight excluding hydrogens is 429 g/mol. The van der Waals surface area contributed by atoms with E-state index in [0.717, 1.165) is 22.4 Å². The fourth-order valence-corrected chi connectivity index (χ4v) is 3.05. The van der Waals surface area contributed by atoms with Gasteiger partial charge in [-0.05, 0) is 37.1 Å². The first-order valence-electron chi connectivity index (χ1n) is 7.75. The minimum absolute atomic E-state index is 0.569. The van der Waals surface area contributed by atoms with Gasteiger partial charge in [-0.1, -0.05) is 60.2 Å². The van der Waals surface area contributed by atoms with Gasteiger partial charge < -0.3 is 27.3 Å². The zero-order valence-electron chi connectivity index (χ0n) is 14.1. The van der Waals surface area contributed by atoms with E-state index >= 15 is 0 Å². The minimum atomic E-state index is -0.573. The predicted molar refractivity (Wildman–Crippen MR) is 93.7 cm³/mol. The summed E-state index contributed by atoms with van der Waals surface area (Å²) in [5.74, 6) is 0.193. The molecule has 4 nitrogen and oxygen atoms in total. The van der Waals surface area contributed by atoms with Gasteiger partial charge in [-0.25, -0.2) is 5.48 Å². The Morgan fingerprint density at radius 1 is 1.08 bits per heavy atom. The number of benzene rings is 2. The topological polar surface area (TPSA) is 58.6 Å². The molecule has 0 heterocycles. The van der Waals surface area contributed by atoms with Crippen LogP contribution in [0, 0.1) is 0 Å². The van der Waals surface area contributed by atoms with Crippen LogP contribution in [0.2, 0.25) is 0 Å². The van der Waals surface area contributed by atoms with Crippen molar-refractivity contribution < 1.29 is 37.3 Å². The number of allylic oxidation sites excluding steroid dienone is 2. The van der Waals surface area contributed by atoms with Gasteiger partial charge in [0.1, 0.15) is 5.75 Å². The SMILES string of the molecule is CC(/C=C/C(=O)NO)=C\C(C)([I-])Oc1ccc(-c2ccccc2)cc1. The third kappa shape index (κ3) is 6.36. The van der Waals surface area contributed by atoms with E-state index in [1.54, 1.807) is 11.6 Å². The lowest BCUT2D eigenvalue weighted by molar-refractivity contribution is -0.510. The average Bonchev–Trinajstić information content (AvgIpc) is 2.60. The van der Waals surface area contributed by atoms with Crippen LogP contribution in [0.15, 0.2) is 78.4 Å². The minimum Gasteiger partial charge on any atom is -0.741 e. The molecule has 2 N–H and O–H groups in total. The highest BCUT2D eigenvalue weighted by Crippen LogP contribution is 2.23. The fraction of sp³-hybridized carbons (Fsp3) is 0.150. The van der Waals surface area contributed by atoms with Crippen LogP contribution in [0.1, 0.15) is 13.8 Å². The third-order valence-electron chi connectivity index (χ3n) is 3.37. The summed E-state index contributed by atoms with van der Waals surface area (Å²) in [6, 6.07) is 18.1. The Balaban J connectivity index is 2.07. The van der Waals surface area contributed by atoms with Crippen LogP contribution < -0.4 is 32.8 Å². The number of nitrogens with one attached hydrogen (secondary N) is 1. The molecule has 0 aromatic heterocycles. The summed E-state index contributed by atoms with van der Waals surface area (Å²) in [6.45, 7) is 3.79. The molecule has 5 heteroatoms. The van der Waals surface area contributed by atoms with Crippen LogP contribution >= 0.6 is 0 Å². The first kappa shape index (κ1) is 19.2. The Hall–Kier alpha value is -2.12. The normalized spacial score (nSPS) is 14.2. The van der Waals surface area contributed by atoms with E-state index in [9.17, 15) is 4.79 Å². The van der Waals surface area contributed by atoms with Crippen molar-refractivity contribution in [2.75, 3.05) is 0 Å². The molecule has 0 bridgehead atoms. The van der Waals surface area contributed by atoms with Crippen molar-refractivity contribution in [2.45, 2.75) is 17.5 Å². The van der Waals surface area contributed by atoms with Gasteiger partial charge in [0, 0.05) is 9.68 Å². The van der Waals surface area contributed by atoms with Crippen LogP contribution in [0.25, 0.3) is 11.1 Å². The van der Waals surface area contributed by atoms with Crippen LogP contribution in [0.4, 0.5) is 0 Å². The van der Waals surface area contributed by atoms with E-state index < -0.39 is 9.51 Å². The van der Waals surface area contributed by atoms with Crippen LogP contribution in [0.3, 0.4) is 0 Å². The Kier molecular flexibility index (Phi) is 6.78. The molecule has 1 unspecified atom stereocenters. The molecule has 1 amide bonds. The number of alkyl halides is 1. The van der Waals surface area contributed by atoms with Gasteiger partial charge in [0.25, 0.3) is 5.91 Å². The zero-order chi connectivity index (χ0) is 18.3. The summed E-state index contributed by atoms with van der Waals surface area (Å²) in [5, 5.41) is 8.48. The highest BCUT2D eigenvalue weighted by molar-refractivity contribution is 5.86. The maximum atomic E-state index is 11.0. The van der Waals surface area contributed by atoms with Crippen LogP contribution in [-0.4, -0.2) is 14.7 Å². The summed E-state index contributed by atoms with van der Waals surface area (Å²) < 4.78 is 5.45. The average molecular weight is 449 g/mol. The molecule has 0 aliphatic heterocycles. The maximum absolute atomic E-state index is 11.0. The maximum Gasteiger partial charge on any atom is 0.267 e. The van der Waals surface area contributed by atoms with Crippen LogP contribution in [-0.2, 0) is 4.79 Å². The second kappa shape index (κ2) is 8.82. The number of hydrogen-bond donors (Lipinski definition) is 2. The summed E-state index contributed by atoms with van der Waals surface area (Å²) >= 11 is 2.20. The number of ether oxygens (including phenoxy) is 1. The first-order valence-corrected chi connectivity index (χ1v) is 8.82. The smallest absolute Gasteiger partial charge is 0.267 e. The highest BCUT2D eigenvalue weighted by atomic mass is 127. The van der Waals surface area contributed by atoms with Gasteiger partial charge in [-0.3, -0.25) is 10.0 Å². The Morgan fingerprint density at radius 2 is 1.68 bits per heavy atom. The fourth-order valence-electron chi connectivity index (χ4n) is 2.31. The molecular formula is C20H20INO3-. The van der Waals surface area contributed by atoms with E-state index in [-0.39, 0.29) is 0 Å². The van der Waals surface area contributed by atoms with Crippen LogP contribution in [0.5, 0.6) is 5.75 Å². The van der Waals surface area contributed by atoms with Crippen molar-refractivity contribution in [3.63, 3.8) is 0 Å². The van der Waals surface area contributed by atoms with E-state index in [1.807, 2.05) is 62.4 Å². The molecule has 0 fully saturated rings. The van der Waals surface area contributed by atoms with Gasteiger partial charge in [0.05, 0.1) is 0 Å². The summed E-state index contributed by atoms with van der Waals surface area (Å²) in [4.78, 5) is 11.0. The number of amides is 1. The number of rotatable bonds is 6. The summed E-state index contributed by atoms with van der Waals surface area (Å²) in [5.41, 5.74) is 4.70. The van der Waals surface area contributed by atoms with E-state index in [2.05, 4.69) is 34.7 Å². The number of carbonyl (C=O) groups excluding carboxylic acids is 1. The lowest BCUT2D eigenvalue weighted by Crippen LogP contribution is -3.43. The number of carbonyl (C=O) groups is 1. The Bertz CT molecular complexity index is 765. The van der Waals surface area contributed by atoms with Gasteiger partial charge in [0.2, 0.25) is 0 Å². The van der Waals surface area contributed by atoms with Crippen molar-refractivity contribution in [3.05, 3.63) is 78.4 Å². The number of hydrogen-bond acceptors (Lipinski definition) is 3.